The number of halogens is 4. The molecule has 0 heterocycles. The molecule has 1 amide bonds. The zero-order chi connectivity index (χ0) is 25.1. The molecule has 0 saturated carbocycles. The number of sulfonamides is 1. The van der Waals surface area contributed by atoms with E-state index in [1.54, 1.807) is 19.1 Å². The second-order valence-corrected chi connectivity index (χ2v) is 9.77. The van der Waals surface area contributed by atoms with Crippen molar-refractivity contribution in [3.63, 3.8) is 0 Å². The number of carbonyl (C=O) groups is 1. The van der Waals surface area contributed by atoms with Crippen molar-refractivity contribution in [3.8, 4) is 0 Å². The molecule has 0 aromatic heterocycles. The molecule has 0 aliphatic rings. The van der Waals surface area contributed by atoms with Gasteiger partial charge < -0.3 is 5.32 Å². The van der Waals surface area contributed by atoms with Crippen LogP contribution in [0.3, 0.4) is 0 Å². The molecule has 0 aliphatic heterocycles. The van der Waals surface area contributed by atoms with E-state index in [1.165, 1.54) is 24.3 Å². The van der Waals surface area contributed by atoms with Gasteiger partial charge in [-0.3, -0.25) is 9.10 Å². The number of amides is 1. The van der Waals surface area contributed by atoms with Crippen LogP contribution in [0.2, 0.25) is 5.02 Å². The van der Waals surface area contributed by atoms with Crippen molar-refractivity contribution in [2.75, 3.05) is 16.2 Å². The minimum atomic E-state index is -4.74. The summed E-state index contributed by atoms with van der Waals surface area (Å²) in [7, 11) is -4.43. The Morgan fingerprint density at radius 1 is 1.03 bits per heavy atom. The van der Waals surface area contributed by atoms with Crippen LogP contribution in [0, 0.1) is 6.92 Å². The fourth-order valence-corrected chi connectivity index (χ4v) is 5.13. The summed E-state index contributed by atoms with van der Waals surface area (Å²) in [5, 5.41) is 2.46. The topological polar surface area (TPSA) is 66.5 Å². The van der Waals surface area contributed by atoms with Gasteiger partial charge in [0.15, 0.2) is 0 Å². The highest BCUT2D eigenvalue weighted by molar-refractivity contribution is 7.92. The SMILES string of the molecule is CCc1cccc(C)c1NC(=O)CN(c1cc(C(F)(F)F)ccc1Cl)S(=O)(=O)c1ccccc1. The predicted molar refractivity (Wildman–Crippen MR) is 127 cm³/mol. The van der Waals surface area contributed by atoms with Gasteiger partial charge in [0.05, 0.1) is 21.2 Å². The molecular formula is C24H22ClF3N2O3S. The third-order valence-corrected chi connectivity index (χ3v) is 7.26. The third-order valence-electron chi connectivity index (χ3n) is 5.16. The van der Waals surface area contributed by atoms with Gasteiger partial charge in [0.2, 0.25) is 5.91 Å². The summed E-state index contributed by atoms with van der Waals surface area (Å²) in [6.45, 7) is 2.91. The minimum Gasteiger partial charge on any atom is -0.324 e. The zero-order valence-corrected chi connectivity index (χ0v) is 19.9. The maximum absolute atomic E-state index is 13.4. The molecule has 0 spiro atoms. The van der Waals surface area contributed by atoms with Crippen molar-refractivity contribution in [1.29, 1.82) is 0 Å². The van der Waals surface area contributed by atoms with Crippen LogP contribution in [0.25, 0.3) is 0 Å². The highest BCUT2D eigenvalue weighted by atomic mass is 35.5. The van der Waals surface area contributed by atoms with Gasteiger partial charge in [-0.2, -0.15) is 13.2 Å². The number of nitrogens with zero attached hydrogens (tertiary/aromatic N) is 1. The molecule has 5 nitrogen and oxygen atoms in total. The molecule has 1 N–H and O–H groups in total. The molecule has 34 heavy (non-hydrogen) atoms. The first-order valence-electron chi connectivity index (χ1n) is 10.3. The lowest BCUT2D eigenvalue weighted by Gasteiger charge is -2.26. The van der Waals surface area contributed by atoms with Crippen LogP contribution in [0.4, 0.5) is 24.5 Å². The van der Waals surface area contributed by atoms with Crippen LogP contribution < -0.4 is 9.62 Å². The van der Waals surface area contributed by atoms with E-state index in [2.05, 4.69) is 5.32 Å². The number of carbonyl (C=O) groups excluding carboxylic acids is 1. The van der Waals surface area contributed by atoms with E-state index in [4.69, 9.17) is 11.6 Å². The van der Waals surface area contributed by atoms with Gasteiger partial charge in [-0.1, -0.05) is 54.9 Å². The fourth-order valence-electron chi connectivity index (χ4n) is 3.41. The Bertz CT molecular complexity index is 1300. The number of nitrogens with one attached hydrogen (secondary N) is 1. The van der Waals surface area contributed by atoms with E-state index in [0.29, 0.717) is 22.5 Å². The van der Waals surface area contributed by atoms with Gasteiger partial charge in [0.1, 0.15) is 6.54 Å². The van der Waals surface area contributed by atoms with Crippen molar-refractivity contribution < 1.29 is 26.4 Å². The largest absolute Gasteiger partial charge is 0.416 e. The number of para-hydroxylation sites is 1. The number of rotatable bonds is 7. The first-order chi connectivity index (χ1) is 15.9. The van der Waals surface area contributed by atoms with Crippen molar-refractivity contribution in [2.45, 2.75) is 31.3 Å². The van der Waals surface area contributed by atoms with Gasteiger partial charge >= 0.3 is 6.18 Å². The third kappa shape index (κ3) is 5.53. The molecular weight excluding hydrogens is 489 g/mol. The predicted octanol–water partition coefficient (Wildman–Crippen LogP) is 6.06. The molecule has 10 heteroatoms. The summed E-state index contributed by atoms with van der Waals surface area (Å²) in [6.07, 6.45) is -4.12. The highest BCUT2D eigenvalue weighted by Gasteiger charge is 2.34. The van der Waals surface area contributed by atoms with Crippen LogP contribution >= 0.6 is 11.6 Å². The molecule has 3 aromatic carbocycles. The molecule has 3 aromatic rings. The summed E-state index contributed by atoms with van der Waals surface area (Å²) in [4.78, 5) is 12.8. The fraction of sp³-hybridized carbons (Fsp3) is 0.208. The molecule has 0 saturated heterocycles. The van der Waals surface area contributed by atoms with Crippen molar-refractivity contribution in [1.82, 2.24) is 0 Å². The molecule has 0 aliphatic carbocycles. The Labute approximate surface area is 201 Å². The molecule has 0 fully saturated rings. The van der Waals surface area contributed by atoms with Crippen LogP contribution in [-0.2, 0) is 27.4 Å². The Kier molecular flexibility index (Phi) is 7.57. The van der Waals surface area contributed by atoms with Crippen LogP contribution in [0.5, 0.6) is 0 Å². The monoisotopic (exact) mass is 510 g/mol. The second kappa shape index (κ2) is 10.1. The maximum Gasteiger partial charge on any atom is 0.416 e. The number of anilines is 2. The average Bonchev–Trinajstić information content (AvgIpc) is 2.79. The lowest BCUT2D eigenvalue weighted by atomic mass is 10.1. The van der Waals surface area contributed by atoms with Crippen LogP contribution in [-0.4, -0.2) is 20.9 Å². The molecule has 0 radical (unpaired) electrons. The molecule has 3 rings (SSSR count). The number of hydrogen-bond acceptors (Lipinski definition) is 3. The summed E-state index contributed by atoms with van der Waals surface area (Å²) < 4.78 is 67.6. The summed E-state index contributed by atoms with van der Waals surface area (Å²) in [5.74, 6) is -0.725. The van der Waals surface area contributed by atoms with Gasteiger partial charge in [-0.05, 0) is 54.8 Å². The lowest BCUT2D eigenvalue weighted by Crippen LogP contribution is -2.38. The summed E-state index contributed by atoms with van der Waals surface area (Å²) >= 11 is 6.15. The van der Waals surface area contributed by atoms with Gasteiger partial charge in [0, 0.05) is 5.69 Å². The van der Waals surface area contributed by atoms with Crippen LogP contribution in [0.15, 0.2) is 71.6 Å². The quantitative estimate of drug-likeness (QED) is 0.420. The van der Waals surface area contributed by atoms with Gasteiger partial charge in [-0.15, -0.1) is 0 Å². The summed E-state index contributed by atoms with van der Waals surface area (Å²) in [6, 6.07) is 14.9. The van der Waals surface area contributed by atoms with Crippen LogP contribution in [0.1, 0.15) is 23.6 Å². The molecule has 0 bridgehead atoms. The Hall–Kier alpha value is -3.04. The number of benzene rings is 3. The second-order valence-electron chi connectivity index (χ2n) is 7.50. The lowest BCUT2D eigenvalue weighted by molar-refractivity contribution is -0.137. The Morgan fingerprint density at radius 3 is 2.32 bits per heavy atom. The highest BCUT2D eigenvalue weighted by Crippen LogP contribution is 2.37. The maximum atomic E-state index is 13.4. The first kappa shape index (κ1) is 25.6. The Morgan fingerprint density at radius 2 is 1.71 bits per heavy atom. The van der Waals surface area contributed by atoms with Gasteiger partial charge in [-0.25, -0.2) is 8.42 Å². The van der Waals surface area contributed by atoms with E-state index in [9.17, 15) is 26.4 Å². The van der Waals surface area contributed by atoms with E-state index >= 15 is 0 Å². The Balaban J connectivity index is 2.08. The molecule has 0 atom stereocenters. The normalized spacial score (nSPS) is 11.8. The minimum absolute atomic E-state index is 0.193. The van der Waals surface area contributed by atoms with E-state index < -0.39 is 39.9 Å². The van der Waals surface area contributed by atoms with E-state index in [1.807, 2.05) is 19.1 Å². The van der Waals surface area contributed by atoms with Crippen molar-refractivity contribution in [2.24, 2.45) is 0 Å². The first-order valence-corrected chi connectivity index (χ1v) is 12.1. The van der Waals surface area contributed by atoms with Crippen molar-refractivity contribution in [3.05, 3.63) is 88.4 Å². The standard InChI is InChI=1S/C24H22ClF3N2O3S/c1-3-17-9-7-8-16(2)23(17)29-22(31)15-30(34(32,33)19-10-5-4-6-11-19)21-14-18(24(26,27)28)12-13-20(21)25/h4-14H,3,15H2,1-2H3,(H,29,31). The molecule has 0 unspecified atom stereocenters. The zero-order valence-electron chi connectivity index (χ0n) is 18.4. The summed E-state index contributed by atoms with van der Waals surface area (Å²) in [5.41, 5.74) is 0.594. The number of hydrogen-bond donors (Lipinski definition) is 1. The van der Waals surface area contributed by atoms with E-state index in [0.717, 1.165) is 23.3 Å². The van der Waals surface area contributed by atoms with Gasteiger partial charge in [0.25, 0.3) is 10.0 Å². The average molecular weight is 511 g/mol. The number of aryl methyl sites for hydroxylation is 2. The van der Waals surface area contributed by atoms with Crippen molar-refractivity contribution >= 4 is 38.9 Å². The smallest absolute Gasteiger partial charge is 0.324 e. The molecule has 180 valence electrons. The number of alkyl halides is 3. The van der Waals surface area contributed by atoms with E-state index in [-0.39, 0.29) is 9.92 Å².